The second kappa shape index (κ2) is 2.59. The molecule has 1 fully saturated rings. The quantitative estimate of drug-likeness (QED) is 0.665. The van der Waals surface area contributed by atoms with Crippen LogP contribution in [0.15, 0.2) is 0 Å². The number of hydrogen-bond acceptors (Lipinski definition) is 2. The van der Waals surface area contributed by atoms with E-state index >= 15 is 0 Å². The molecule has 2 heteroatoms. The van der Waals surface area contributed by atoms with Gasteiger partial charge in [0.15, 0.2) is 0 Å². The van der Waals surface area contributed by atoms with Gasteiger partial charge in [-0.25, -0.2) is 0 Å². The fraction of sp³-hybridized carbons (Fsp3) is 0.889. The van der Waals surface area contributed by atoms with E-state index in [1.165, 1.54) is 0 Å². The summed E-state index contributed by atoms with van der Waals surface area (Å²) in [6.45, 7) is 6.56. The van der Waals surface area contributed by atoms with Crippen molar-refractivity contribution in [2.45, 2.75) is 27.2 Å². The molecule has 0 spiro atoms. The third kappa shape index (κ3) is 1.32. The minimum atomic E-state index is -0.0290. The number of nitrogens with two attached hydrogens (primary N) is 1. The first-order valence-corrected chi connectivity index (χ1v) is 4.23. The molecule has 0 heterocycles. The van der Waals surface area contributed by atoms with Crippen LogP contribution in [0.3, 0.4) is 0 Å². The Balaban J connectivity index is 2.53. The molecule has 0 bridgehead atoms. The lowest BCUT2D eigenvalue weighted by Gasteiger charge is -2.11. The zero-order valence-corrected chi connectivity index (χ0v) is 7.55. The van der Waals surface area contributed by atoms with Crippen LogP contribution in [0.4, 0.5) is 0 Å². The summed E-state index contributed by atoms with van der Waals surface area (Å²) < 4.78 is 0. The largest absolute Gasteiger partial charge is 0.330 e. The highest BCUT2D eigenvalue weighted by atomic mass is 16.1. The monoisotopic (exact) mass is 155 g/mol. The van der Waals surface area contributed by atoms with Crippen molar-refractivity contribution in [2.24, 2.45) is 23.0 Å². The predicted octanol–water partition coefficient (Wildman–Crippen LogP) is 1.20. The molecule has 1 saturated carbocycles. The van der Waals surface area contributed by atoms with Crippen molar-refractivity contribution < 1.29 is 4.79 Å². The Morgan fingerprint density at radius 2 is 2.36 bits per heavy atom. The molecule has 0 aromatic rings. The Bertz CT molecular complexity index is 178. The second-order valence-corrected chi connectivity index (χ2v) is 4.00. The van der Waals surface area contributed by atoms with Gasteiger partial charge in [0.05, 0.1) is 0 Å². The normalized spacial score (nSPS) is 38.4. The van der Waals surface area contributed by atoms with Crippen molar-refractivity contribution in [2.75, 3.05) is 6.54 Å². The molecule has 1 aliphatic carbocycles. The maximum absolute atomic E-state index is 11.1. The third-order valence-corrected chi connectivity index (χ3v) is 3.17. The van der Waals surface area contributed by atoms with Crippen molar-refractivity contribution in [3.8, 4) is 0 Å². The SMILES string of the molecule is CC(=O)C1(C)C[C@H]1[C@H](C)CN. The highest BCUT2D eigenvalue weighted by molar-refractivity contribution is 5.85. The summed E-state index contributed by atoms with van der Waals surface area (Å²) in [5.41, 5.74) is 5.49. The summed E-state index contributed by atoms with van der Waals surface area (Å²) in [4.78, 5) is 11.1. The lowest BCUT2D eigenvalue weighted by Crippen LogP contribution is -2.19. The Morgan fingerprint density at radius 3 is 2.64 bits per heavy atom. The van der Waals surface area contributed by atoms with Gasteiger partial charge in [-0.1, -0.05) is 13.8 Å². The maximum Gasteiger partial charge on any atom is 0.135 e. The molecule has 1 aliphatic rings. The maximum atomic E-state index is 11.1. The Kier molecular flexibility index (Phi) is 2.06. The third-order valence-electron chi connectivity index (χ3n) is 3.17. The first-order chi connectivity index (χ1) is 5.02. The van der Waals surface area contributed by atoms with E-state index in [0.29, 0.717) is 24.2 Å². The van der Waals surface area contributed by atoms with E-state index in [1.807, 2.05) is 6.92 Å². The van der Waals surface area contributed by atoms with Crippen LogP contribution in [0, 0.1) is 17.3 Å². The van der Waals surface area contributed by atoms with E-state index < -0.39 is 0 Å². The molecule has 0 radical (unpaired) electrons. The molecular formula is C9H17NO. The van der Waals surface area contributed by atoms with E-state index in [4.69, 9.17) is 5.73 Å². The van der Waals surface area contributed by atoms with Crippen molar-refractivity contribution in [1.29, 1.82) is 0 Å². The number of carbonyl (C=O) groups is 1. The van der Waals surface area contributed by atoms with Gasteiger partial charge >= 0.3 is 0 Å². The predicted molar refractivity (Wildman–Crippen MR) is 45.1 cm³/mol. The second-order valence-electron chi connectivity index (χ2n) is 4.00. The zero-order valence-electron chi connectivity index (χ0n) is 7.55. The molecular weight excluding hydrogens is 138 g/mol. The fourth-order valence-corrected chi connectivity index (χ4v) is 1.80. The first-order valence-electron chi connectivity index (χ1n) is 4.23. The van der Waals surface area contributed by atoms with Gasteiger partial charge in [-0.2, -0.15) is 0 Å². The standard InChI is InChI=1S/C9H17NO/c1-6(5-10)8-4-9(8,3)7(2)11/h6,8H,4-5,10H2,1-3H3/t6-,8+,9?/m1/s1. The van der Waals surface area contributed by atoms with Crippen molar-refractivity contribution in [3.63, 3.8) is 0 Å². The average molecular weight is 155 g/mol. The molecule has 1 rings (SSSR count). The van der Waals surface area contributed by atoms with Gasteiger partial charge in [0.2, 0.25) is 0 Å². The number of rotatable bonds is 3. The van der Waals surface area contributed by atoms with Gasteiger partial charge in [-0.15, -0.1) is 0 Å². The van der Waals surface area contributed by atoms with Crippen LogP contribution in [-0.4, -0.2) is 12.3 Å². The van der Waals surface area contributed by atoms with Gasteiger partial charge < -0.3 is 5.73 Å². The summed E-state index contributed by atoms with van der Waals surface area (Å²) in [6.07, 6.45) is 1.04. The smallest absolute Gasteiger partial charge is 0.135 e. The van der Waals surface area contributed by atoms with Gasteiger partial charge in [-0.05, 0) is 31.7 Å². The van der Waals surface area contributed by atoms with Crippen LogP contribution in [0.25, 0.3) is 0 Å². The minimum Gasteiger partial charge on any atom is -0.330 e. The van der Waals surface area contributed by atoms with Crippen LogP contribution in [0.2, 0.25) is 0 Å². The van der Waals surface area contributed by atoms with Gasteiger partial charge in [-0.3, -0.25) is 4.79 Å². The summed E-state index contributed by atoms with van der Waals surface area (Å²) in [5, 5.41) is 0. The highest BCUT2D eigenvalue weighted by Crippen LogP contribution is 2.56. The summed E-state index contributed by atoms with van der Waals surface area (Å²) in [5.74, 6) is 1.37. The van der Waals surface area contributed by atoms with Crippen LogP contribution in [0.1, 0.15) is 27.2 Å². The summed E-state index contributed by atoms with van der Waals surface area (Å²) >= 11 is 0. The Morgan fingerprint density at radius 1 is 1.82 bits per heavy atom. The number of carbonyl (C=O) groups excluding carboxylic acids is 1. The highest BCUT2D eigenvalue weighted by Gasteiger charge is 2.55. The van der Waals surface area contributed by atoms with E-state index in [0.717, 1.165) is 6.42 Å². The molecule has 0 aromatic carbocycles. The molecule has 3 atom stereocenters. The molecule has 2 N–H and O–H groups in total. The first kappa shape index (κ1) is 8.72. The molecule has 64 valence electrons. The van der Waals surface area contributed by atoms with Crippen molar-refractivity contribution in [3.05, 3.63) is 0 Å². The van der Waals surface area contributed by atoms with Crippen molar-refractivity contribution in [1.82, 2.24) is 0 Å². The van der Waals surface area contributed by atoms with E-state index in [1.54, 1.807) is 6.92 Å². The van der Waals surface area contributed by atoms with E-state index in [-0.39, 0.29) is 5.41 Å². The lowest BCUT2D eigenvalue weighted by atomic mass is 9.95. The molecule has 0 aliphatic heterocycles. The summed E-state index contributed by atoms with van der Waals surface area (Å²) in [6, 6.07) is 0. The van der Waals surface area contributed by atoms with Gasteiger partial charge in [0.1, 0.15) is 5.78 Å². The van der Waals surface area contributed by atoms with E-state index in [9.17, 15) is 4.79 Å². The van der Waals surface area contributed by atoms with Crippen LogP contribution < -0.4 is 5.73 Å². The lowest BCUT2D eigenvalue weighted by molar-refractivity contribution is -0.122. The minimum absolute atomic E-state index is 0.0290. The van der Waals surface area contributed by atoms with Gasteiger partial charge in [0, 0.05) is 5.41 Å². The van der Waals surface area contributed by atoms with Crippen molar-refractivity contribution >= 4 is 5.78 Å². The average Bonchev–Trinajstić information content (AvgIpc) is 2.63. The number of Topliss-reactive ketones (excluding diaryl/α,β-unsaturated/α-hetero) is 1. The number of hydrogen-bond donors (Lipinski definition) is 1. The van der Waals surface area contributed by atoms with Crippen LogP contribution in [0.5, 0.6) is 0 Å². The molecule has 11 heavy (non-hydrogen) atoms. The molecule has 0 saturated heterocycles. The molecule has 2 nitrogen and oxygen atoms in total. The Labute approximate surface area is 68.2 Å². The van der Waals surface area contributed by atoms with Crippen LogP contribution >= 0.6 is 0 Å². The van der Waals surface area contributed by atoms with E-state index in [2.05, 4.69) is 6.92 Å². The fourth-order valence-electron chi connectivity index (χ4n) is 1.80. The summed E-state index contributed by atoms with van der Waals surface area (Å²) in [7, 11) is 0. The topological polar surface area (TPSA) is 43.1 Å². The number of ketones is 1. The Hall–Kier alpha value is -0.370. The zero-order chi connectivity index (χ0) is 8.65. The molecule has 0 aromatic heterocycles. The molecule has 0 amide bonds. The van der Waals surface area contributed by atoms with Crippen LogP contribution in [-0.2, 0) is 4.79 Å². The molecule has 1 unspecified atom stereocenters. The van der Waals surface area contributed by atoms with Gasteiger partial charge in [0.25, 0.3) is 0 Å².